The van der Waals surface area contributed by atoms with Crippen molar-refractivity contribution in [2.45, 2.75) is 37.5 Å². The third kappa shape index (κ3) is 4.38. The second-order valence-corrected chi connectivity index (χ2v) is 8.23. The highest BCUT2D eigenvalue weighted by molar-refractivity contribution is 7.89. The molecule has 1 N–H and O–H groups in total. The third-order valence-corrected chi connectivity index (χ3v) is 5.79. The topological polar surface area (TPSA) is 75.6 Å². The smallest absolute Gasteiger partial charge is 0.276 e. The predicted octanol–water partition coefficient (Wildman–Crippen LogP) is 3.24. The minimum Gasteiger partial charge on any atom is -0.299 e. The average Bonchev–Trinajstić information content (AvgIpc) is 2.63. The Hall–Kier alpha value is -2.47. The number of ketones is 1. The van der Waals surface area contributed by atoms with Crippen molar-refractivity contribution in [3.05, 3.63) is 65.7 Å². The lowest BCUT2D eigenvalue weighted by atomic mass is 9.82. The minimum absolute atomic E-state index is 0.119. The van der Waals surface area contributed by atoms with Crippen LogP contribution in [0.2, 0.25) is 0 Å². The van der Waals surface area contributed by atoms with Gasteiger partial charge in [0.05, 0.1) is 10.8 Å². The summed E-state index contributed by atoms with van der Waals surface area (Å²) in [5.41, 5.74) is 2.64. The Kier molecular flexibility index (Phi) is 5.52. The Morgan fingerprint density at radius 2 is 1.73 bits per heavy atom. The van der Waals surface area contributed by atoms with Crippen molar-refractivity contribution >= 4 is 21.5 Å². The van der Waals surface area contributed by atoms with Crippen LogP contribution < -0.4 is 4.83 Å². The number of aryl methyl sites for hydroxylation is 1. The number of nitrogens with one attached hydrogen (secondary N) is 1. The van der Waals surface area contributed by atoms with E-state index in [1.54, 1.807) is 24.3 Å². The number of hydrogen-bond acceptors (Lipinski definition) is 4. The number of carbonyl (C=O) groups excluding carboxylic acids is 1. The molecule has 0 radical (unpaired) electrons. The van der Waals surface area contributed by atoms with Gasteiger partial charge >= 0.3 is 0 Å². The fourth-order valence-corrected chi connectivity index (χ4v) is 3.92. The van der Waals surface area contributed by atoms with Crippen molar-refractivity contribution in [3.63, 3.8) is 0 Å². The second kappa shape index (κ2) is 7.83. The van der Waals surface area contributed by atoms with Gasteiger partial charge < -0.3 is 0 Å². The number of sulfonamides is 1. The molecule has 0 spiro atoms. The van der Waals surface area contributed by atoms with Gasteiger partial charge in [-0.05, 0) is 43.9 Å². The van der Waals surface area contributed by atoms with Gasteiger partial charge in [0, 0.05) is 12.1 Å². The molecular weight excluding hydrogens is 348 g/mol. The molecule has 6 heteroatoms. The van der Waals surface area contributed by atoms with Crippen molar-refractivity contribution in [2.75, 3.05) is 0 Å². The van der Waals surface area contributed by atoms with Crippen LogP contribution in [0, 0.1) is 12.8 Å². The molecule has 1 atom stereocenters. The highest BCUT2D eigenvalue weighted by Crippen LogP contribution is 2.23. The average molecular weight is 370 g/mol. The lowest BCUT2D eigenvalue weighted by Crippen LogP contribution is -2.33. The number of Topliss-reactive ketones (excluding diaryl/α,β-unsaturated/α-hetero) is 1. The largest absolute Gasteiger partial charge is 0.299 e. The second-order valence-electron chi connectivity index (χ2n) is 6.57. The van der Waals surface area contributed by atoms with Crippen LogP contribution in [-0.4, -0.2) is 19.9 Å². The van der Waals surface area contributed by atoms with Crippen molar-refractivity contribution in [1.82, 2.24) is 4.83 Å². The van der Waals surface area contributed by atoms with Crippen molar-refractivity contribution in [2.24, 2.45) is 11.0 Å². The summed E-state index contributed by atoms with van der Waals surface area (Å²) in [6.45, 7) is 1.89. The standard InChI is InChI=1S/C20H22N2O3S/c1-15-10-12-17(13-11-15)26(24,25)22-21-19-8-5-9-20(23)18(19)14-16-6-3-2-4-7-16/h2-4,6-7,10-13,18,22H,5,8-9,14H2,1H3/b21-19+. The molecule has 0 bridgehead atoms. The number of benzene rings is 2. The lowest BCUT2D eigenvalue weighted by Gasteiger charge is -2.23. The SMILES string of the molecule is Cc1ccc(S(=O)(=O)N/N=C2\CCCC(=O)C2Cc2ccccc2)cc1. The van der Waals surface area contributed by atoms with E-state index in [2.05, 4.69) is 9.93 Å². The highest BCUT2D eigenvalue weighted by atomic mass is 32.2. The Labute approximate surface area is 154 Å². The molecule has 0 heterocycles. The zero-order valence-corrected chi connectivity index (χ0v) is 15.5. The first kappa shape index (κ1) is 18.3. The number of carbonyl (C=O) groups is 1. The van der Waals surface area contributed by atoms with Crippen molar-refractivity contribution in [1.29, 1.82) is 0 Å². The van der Waals surface area contributed by atoms with Crippen molar-refractivity contribution < 1.29 is 13.2 Å². The van der Waals surface area contributed by atoms with Gasteiger partial charge in [-0.2, -0.15) is 13.5 Å². The zero-order valence-electron chi connectivity index (χ0n) is 14.7. The molecule has 2 aromatic carbocycles. The summed E-state index contributed by atoms with van der Waals surface area (Å²) in [5, 5.41) is 4.14. The van der Waals surface area contributed by atoms with E-state index >= 15 is 0 Å². The summed E-state index contributed by atoms with van der Waals surface area (Å²) >= 11 is 0. The molecule has 1 aliphatic rings. The van der Waals surface area contributed by atoms with Crippen LogP contribution in [0.15, 0.2) is 64.6 Å². The summed E-state index contributed by atoms with van der Waals surface area (Å²) in [5.74, 6) is -0.250. The normalized spacial score (nSPS) is 19.5. The van der Waals surface area contributed by atoms with Gasteiger partial charge in [0.25, 0.3) is 10.0 Å². The lowest BCUT2D eigenvalue weighted by molar-refractivity contribution is -0.121. The number of nitrogens with zero attached hydrogens (tertiary/aromatic N) is 1. The summed E-state index contributed by atoms with van der Waals surface area (Å²) in [6, 6.07) is 16.3. The maximum absolute atomic E-state index is 12.4. The zero-order chi connectivity index (χ0) is 18.6. The van der Waals surface area contributed by atoms with Crippen LogP contribution in [0.3, 0.4) is 0 Å². The van der Waals surface area contributed by atoms with Crippen LogP contribution in [0.1, 0.15) is 30.4 Å². The third-order valence-electron chi connectivity index (χ3n) is 4.57. The van der Waals surface area contributed by atoms with Gasteiger partial charge in [-0.3, -0.25) is 4.79 Å². The van der Waals surface area contributed by atoms with Gasteiger partial charge in [0.2, 0.25) is 0 Å². The molecule has 1 aliphatic carbocycles. The monoisotopic (exact) mass is 370 g/mol. The fraction of sp³-hybridized carbons (Fsp3) is 0.300. The first-order valence-electron chi connectivity index (χ1n) is 8.67. The van der Waals surface area contributed by atoms with E-state index < -0.39 is 10.0 Å². The van der Waals surface area contributed by atoms with Gasteiger partial charge in [0.1, 0.15) is 5.78 Å². The van der Waals surface area contributed by atoms with E-state index in [1.165, 1.54) is 0 Å². The summed E-state index contributed by atoms with van der Waals surface area (Å²) in [6.07, 6.45) is 2.39. The minimum atomic E-state index is -3.74. The van der Waals surface area contributed by atoms with E-state index in [0.29, 0.717) is 31.4 Å². The maximum atomic E-state index is 12.4. The predicted molar refractivity (Wildman–Crippen MR) is 101 cm³/mol. The van der Waals surface area contributed by atoms with Crippen molar-refractivity contribution in [3.8, 4) is 0 Å². The summed E-state index contributed by atoms with van der Waals surface area (Å²) in [4.78, 5) is 14.9. The molecule has 0 amide bonds. The maximum Gasteiger partial charge on any atom is 0.276 e. The molecule has 1 unspecified atom stereocenters. The molecule has 0 aliphatic heterocycles. The molecular formula is C20H22N2O3S. The first-order valence-corrected chi connectivity index (χ1v) is 10.2. The van der Waals surface area contributed by atoms with E-state index in [-0.39, 0.29) is 16.6 Å². The van der Waals surface area contributed by atoms with Crippen LogP contribution >= 0.6 is 0 Å². The molecule has 0 aromatic heterocycles. The molecule has 26 heavy (non-hydrogen) atoms. The molecule has 1 saturated carbocycles. The molecule has 136 valence electrons. The Morgan fingerprint density at radius 3 is 2.42 bits per heavy atom. The Balaban J connectivity index is 1.80. The fourth-order valence-electron chi connectivity index (χ4n) is 3.08. The van der Waals surface area contributed by atoms with Crippen LogP contribution in [0.4, 0.5) is 0 Å². The molecule has 0 saturated heterocycles. The van der Waals surface area contributed by atoms with E-state index in [0.717, 1.165) is 11.1 Å². The van der Waals surface area contributed by atoms with Gasteiger partial charge in [-0.25, -0.2) is 4.83 Å². The molecule has 3 rings (SSSR count). The summed E-state index contributed by atoms with van der Waals surface area (Å²) in [7, 11) is -3.74. The summed E-state index contributed by atoms with van der Waals surface area (Å²) < 4.78 is 24.9. The number of rotatable bonds is 5. The number of hydrazone groups is 1. The van der Waals surface area contributed by atoms with Gasteiger partial charge in [-0.15, -0.1) is 0 Å². The van der Waals surface area contributed by atoms with Crippen LogP contribution in [0.5, 0.6) is 0 Å². The van der Waals surface area contributed by atoms with Gasteiger partial charge in [0.15, 0.2) is 0 Å². The van der Waals surface area contributed by atoms with E-state index in [1.807, 2.05) is 37.3 Å². The number of hydrogen-bond donors (Lipinski definition) is 1. The quantitative estimate of drug-likeness (QED) is 0.821. The molecule has 2 aromatic rings. The van der Waals surface area contributed by atoms with Gasteiger partial charge in [-0.1, -0.05) is 48.0 Å². The van der Waals surface area contributed by atoms with E-state index in [9.17, 15) is 13.2 Å². The highest BCUT2D eigenvalue weighted by Gasteiger charge is 2.29. The van der Waals surface area contributed by atoms with E-state index in [4.69, 9.17) is 0 Å². The van der Waals surface area contributed by atoms with Crippen LogP contribution in [-0.2, 0) is 21.2 Å². The molecule has 1 fully saturated rings. The Bertz CT molecular complexity index is 904. The Morgan fingerprint density at radius 1 is 1.04 bits per heavy atom. The molecule has 5 nitrogen and oxygen atoms in total. The first-order chi connectivity index (χ1) is 12.5. The van der Waals surface area contributed by atoms with Crippen LogP contribution in [0.25, 0.3) is 0 Å².